The van der Waals surface area contributed by atoms with Crippen molar-refractivity contribution in [3.8, 4) is 0 Å². The number of aryl methyl sites for hydroxylation is 1. The van der Waals surface area contributed by atoms with E-state index < -0.39 is 9.84 Å². The van der Waals surface area contributed by atoms with E-state index in [9.17, 15) is 13.2 Å². The number of piperazine rings is 1. The molecule has 2 heterocycles. The molecule has 2 fully saturated rings. The summed E-state index contributed by atoms with van der Waals surface area (Å²) in [6.45, 7) is 5.87. The number of anilines is 1. The molecule has 6 nitrogen and oxygen atoms in total. The SMILES string of the molecule is Cc1cccc(N(CC(=O)N2CCN([C@H]3CCS(=O)(=O)C3)CC2)Cc2ccccc2)c1. The number of amides is 1. The van der Waals surface area contributed by atoms with Crippen LogP contribution < -0.4 is 4.90 Å². The van der Waals surface area contributed by atoms with Crippen LogP contribution in [0.15, 0.2) is 54.6 Å². The highest BCUT2D eigenvalue weighted by Crippen LogP contribution is 2.21. The molecule has 4 rings (SSSR count). The van der Waals surface area contributed by atoms with Crippen molar-refractivity contribution in [2.45, 2.75) is 25.9 Å². The molecule has 0 aromatic heterocycles. The van der Waals surface area contributed by atoms with Gasteiger partial charge in [0.15, 0.2) is 9.84 Å². The Morgan fingerprint density at radius 2 is 1.77 bits per heavy atom. The zero-order chi connectivity index (χ0) is 21.8. The Morgan fingerprint density at radius 3 is 2.42 bits per heavy atom. The minimum atomic E-state index is -2.88. The van der Waals surface area contributed by atoms with Crippen LogP contribution in [0.25, 0.3) is 0 Å². The Bertz CT molecular complexity index is 1000. The number of rotatable bonds is 6. The van der Waals surface area contributed by atoms with E-state index in [2.05, 4.69) is 47.1 Å². The van der Waals surface area contributed by atoms with Crippen LogP contribution in [0, 0.1) is 6.92 Å². The fraction of sp³-hybridized carbons (Fsp3) is 0.458. The molecule has 1 amide bonds. The van der Waals surface area contributed by atoms with Gasteiger partial charge in [0.2, 0.25) is 5.91 Å². The first-order chi connectivity index (χ1) is 14.9. The maximum atomic E-state index is 13.2. The van der Waals surface area contributed by atoms with E-state index in [0.717, 1.165) is 18.8 Å². The number of carbonyl (C=O) groups is 1. The highest BCUT2D eigenvalue weighted by Gasteiger charge is 2.34. The lowest BCUT2D eigenvalue weighted by Crippen LogP contribution is -2.54. The molecule has 0 unspecified atom stereocenters. The van der Waals surface area contributed by atoms with Gasteiger partial charge in [-0.3, -0.25) is 9.69 Å². The predicted octanol–water partition coefficient (Wildman–Crippen LogP) is 2.33. The van der Waals surface area contributed by atoms with Gasteiger partial charge in [-0.25, -0.2) is 8.42 Å². The summed E-state index contributed by atoms with van der Waals surface area (Å²) in [5, 5.41) is 0. The minimum Gasteiger partial charge on any atom is -0.358 e. The van der Waals surface area contributed by atoms with Crippen LogP contribution in [-0.2, 0) is 21.2 Å². The second kappa shape index (κ2) is 9.40. The van der Waals surface area contributed by atoms with Crippen LogP contribution >= 0.6 is 0 Å². The second-order valence-corrected chi connectivity index (χ2v) is 10.9. The summed E-state index contributed by atoms with van der Waals surface area (Å²) in [7, 11) is -2.88. The molecule has 166 valence electrons. The van der Waals surface area contributed by atoms with Crippen molar-refractivity contribution >= 4 is 21.4 Å². The zero-order valence-corrected chi connectivity index (χ0v) is 18.9. The zero-order valence-electron chi connectivity index (χ0n) is 18.1. The average molecular weight is 442 g/mol. The summed E-state index contributed by atoms with van der Waals surface area (Å²) < 4.78 is 23.6. The topological polar surface area (TPSA) is 60.9 Å². The van der Waals surface area contributed by atoms with Gasteiger partial charge in [0.1, 0.15) is 0 Å². The van der Waals surface area contributed by atoms with Crippen LogP contribution in [0.1, 0.15) is 17.5 Å². The van der Waals surface area contributed by atoms with E-state index in [1.165, 1.54) is 11.1 Å². The van der Waals surface area contributed by atoms with Crippen LogP contribution in [0.3, 0.4) is 0 Å². The number of carbonyl (C=O) groups excluding carboxylic acids is 1. The van der Waals surface area contributed by atoms with Crippen molar-refractivity contribution in [2.75, 3.05) is 49.1 Å². The second-order valence-electron chi connectivity index (χ2n) is 8.65. The lowest BCUT2D eigenvalue weighted by molar-refractivity contribution is -0.131. The third kappa shape index (κ3) is 5.66. The van der Waals surface area contributed by atoms with Crippen LogP contribution in [0.2, 0.25) is 0 Å². The smallest absolute Gasteiger partial charge is 0.242 e. The number of hydrogen-bond donors (Lipinski definition) is 0. The van der Waals surface area contributed by atoms with Gasteiger partial charge >= 0.3 is 0 Å². The van der Waals surface area contributed by atoms with Gasteiger partial charge in [0.25, 0.3) is 0 Å². The Labute approximate surface area is 185 Å². The maximum absolute atomic E-state index is 13.2. The molecule has 2 aromatic carbocycles. The fourth-order valence-electron chi connectivity index (χ4n) is 4.53. The summed E-state index contributed by atoms with van der Waals surface area (Å²) in [5.41, 5.74) is 3.39. The molecule has 0 radical (unpaired) electrons. The molecule has 0 N–H and O–H groups in total. The minimum absolute atomic E-state index is 0.115. The van der Waals surface area contributed by atoms with Gasteiger partial charge in [-0.1, -0.05) is 42.5 Å². The normalized spacial score (nSPS) is 21.2. The molecule has 0 bridgehead atoms. The molecular formula is C24H31N3O3S. The van der Waals surface area contributed by atoms with Gasteiger partial charge in [0.05, 0.1) is 18.1 Å². The molecular weight excluding hydrogens is 410 g/mol. The molecule has 7 heteroatoms. The van der Waals surface area contributed by atoms with Gasteiger partial charge < -0.3 is 9.80 Å². The first-order valence-electron chi connectivity index (χ1n) is 11.0. The number of benzene rings is 2. The van der Waals surface area contributed by atoms with Gasteiger partial charge in [0, 0.05) is 44.5 Å². The van der Waals surface area contributed by atoms with Gasteiger partial charge in [-0.15, -0.1) is 0 Å². The Kier molecular flexibility index (Phi) is 6.62. The highest BCUT2D eigenvalue weighted by atomic mass is 32.2. The molecule has 2 aliphatic rings. The van der Waals surface area contributed by atoms with Crippen molar-refractivity contribution in [3.05, 3.63) is 65.7 Å². The molecule has 1 atom stereocenters. The lowest BCUT2D eigenvalue weighted by atomic mass is 10.1. The predicted molar refractivity (Wildman–Crippen MR) is 124 cm³/mol. The Balaban J connectivity index is 1.39. The van der Waals surface area contributed by atoms with Gasteiger partial charge in [-0.05, 0) is 36.6 Å². The van der Waals surface area contributed by atoms with E-state index in [-0.39, 0.29) is 17.7 Å². The Morgan fingerprint density at radius 1 is 1.03 bits per heavy atom. The van der Waals surface area contributed by atoms with Crippen LogP contribution in [0.5, 0.6) is 0 Å². The summed E-state index contributed by atoms with van der Waals surface area (Å²) in [6.07, 6.45) is 0.717. The number of nitrogens with zero attached hydrogens (tertiary/aromatic N) is 3. The molecule has 2 aliphatic heterocycles. The van der Waals surface area contributed by atoms with Crippen LogP contribution in [0.4, 0.5) is 5.69 Å². The summed E-state index contributed by atoms with van der Waals surface area (Å²) in [4.78, 5) is 19.5. The van der Waals surface area contributed by atoms with Crippen LogP contribution in [-0.4, -0.2) is 74.4 Å². The summed E-state index contributed by atoms with van der Waals surface area (Å²) in [6, 6.07) is 18.6. The van der Waals surface area contributed by atoms with E-state index in [1.807, 2.05) is 29.2 Å². The summed E-state index contributed by atoms with van der Waals surface area (Å²) in [5.74, 6) is 0.678. The van der Waals surface area contributed by atoms with Crippen molar-refractivity contribution in [3.63, 3.8) is 0 Å². The quantitative estimate of drug-likeness (QED) is 0.689. The van der Waals surface area contributed by atoms with E-state index >= 15 is 0 Å². The maximum Gasteiger partial charge on any atom is 0.242 e. The average Bonchev–Trinajstić information content (AvgIpc) is 3.14. The molecule has 0 spiro atoms. The van der Waals surface area contributed by atoms with Crippen molar-refractivity contribution in [1.82, 2.24) is 9.80 Å². The first kappa shape index (κ1) is 21.8. The van der Waals surface area contributed by atoms with Crippen molar-refractivity contribution < 1.29 is 13.2 Å². The van der Waals surface area contributed by atoms with E-state index in [4.69, 9.17) is 0 Å². The highest BCUT2D eigenvalue weighted by molar-refractivity contribution is 7.91. The monoisotopic (exact) mass is 441 g/mol. The Hall–Kier alpha value is -2.38. The van der Waals surface area contributed by atoms with E-state index in [1.54, 1.807) is 0 Å². The molecule has 2 saturated heterocycles. The fourth-order valence-corrected chi connectivity index (χ4v) is 6.29. The molecule has 2 aromatic rings. The largest absolute Gasteiger partial charge is 0.358 e. The number of hydrogen-bond acceptors (Lipinski definition) is 5. The van der Waals surface area contributed by atoms with Crippen molar-refractivity contribution in [2.24, 2.45) is 0 Å². The third-order valence-electron chi connectivity index (χ3n) is 6.30. The van der Waals surface area contributed by atoms with Gasteiger partial charge in [-0.2, -0.15) is 0 Å². The summed E-state index contributed by atoms with van der Waals surface area (Å²) >= 11 is 0. The standard InChI is InChI=1S/C24H31N3O3S/c1-20-6-5-9-22(16-20)27(17-21-7-3-2-4-8-21)18-24(28)26-13-11-25(12-14-26)23-10-15-31(29,30)19-23/h2-9,16,23H,10-15,17-19H2,1H3/t23-/m0/s1. The molecule has 0 saturated carbocycles. The molecule has 31 heavy (non-hydrogen) atoms. The molecule has 0 aliphatic carbocycles. The number of sulfone groups is 1. The van der Waals surface area contributed by atoms with Crippen molar-refractivity contribution in [1.29, 1.82) is 0 Å². The lowest BCUT2D eigenvalue weighted by Gasteiger charge is -2.38. The van der Waals surface area contributed by atoms with E-state index in [0.29, 0.717) is 38.4 Å². The first-order valence-corrected chi connectivity index (χ1v) is 12.8. The third-order valence-corrected chi connectivity index (χ3v) is 8.05.